The van der Waals surface area contributed by atoms with E-state index in [0.717, 1.165) is 17.2 Å². The molecule has 2 aromatic rings. The van der Waals surface area contributed by atoms with Crippen molar-refractivity contribution in [2.45, 2.75) is 13.8 Å². The van der Waals surface area contributed by atoms with Crippen LogP contribution in [-0.4, -0.2) is 30.9 Å². The van der Waals surface area contributed by atoms with Crippen LogP contribution >= 0.6 is 15.9 Å². The molecule has 0 aromatic heterocycles. The summed E-state index contributed by atoms with van der Waals surface area (Å²) < 4.78 is 19.0. The molecule has 8 heteroatoms. The van der Waals surface area contributed by atoms with Crippen molar-refractivity contribution in [2.75, 3.05) is 18.5 Å². The van der Waals surface area contributed by atoms with E-state index in [0.29, 0.717) is 10.2 Å². The number of hydrogen-bond acceptors (Lipinski definition) is 4. The van der Waals surface area contributed by atoms with Crippen molar-refractivity contribution in [1.82, 2.24) is 5.32 Å². The molecule has 0 aliphatic heterocycles. The van der Waals surface area contributed by atoms with Gasteiger partial charge in [0.15, 0.2) is 6.61 Å². The molecule has 0 saturated carbocycles. The van der Waals surface area contributed by atoms with E-state index in [4.69, 9.17) is 4.74 Å². The van der Waals surface area contributed by atoms with Gasteiger partial charge in [-0.25, -0.2) is 9.18 Å². The van der Waals surface area contributed by atoms with E-state index >= 15 is 0 Å². The van der Waals surface area contributed by atoms with Crippen molar-refractivity contribution in [1.29, 1.82) is 0 Å². The molecule has 0 spiro atoms. The number of hydrogen-bond donors (Lipinski definition) is 2. The molecule has 2 N–H and O–H groups in total. The molecular formula is C21H20BrFN2O4. The number of ether oxygens (including phenoxy) is 1. The van der Waals surface area contributed by atoms with E-state index < -0.39 is 30.2 Å². The molecule has 0 unspecified atom stereocenters. The zero-order valence-electron chi connectivity index (χ0n) is 15.9. The predicted molar refractivity (Wildman–Crippen MR) is 112 cm³/mol. The third kappa shape index (κ3) is 7.15. The van der Waals surface area contributed by atoms with Gasteiger partial charge in [0.1, 0.15) is 5.82 Å². The summed E-state index contributed by atoms with van der Waals surface area (Å²) in [5, 5.41) is 5.10. The van der Waals surface area contributed by atoms with E-state index in [1.807, 2.05) is 32.0 Å². The van der Waals surface area contributed by atoms with Gasteiger partial charge < -0.3 is 15.4 Å². The van der Waals surface area contributed by atoms with Crippen LogP contribution in [0.4, 0.5) is 10.1 Å². The molecule has 0 aliphatic rings. The highest BCUT2D eigenvalue weighted by atomic mass is 79.9. The van der Waals surface area contributed by atoms with Crippen LogP contribution in [-0.2, 0) is 19.1 Å². The fourth-order valence-electron chi connectivity index (χ4n) is 2.41. The Labute approximate surface area is 176 Å². The van der Waals surface area contributed by atoms with Crippen molar-refractivity contribution >= 4 is 45.5 Å². The molecule has 2 rings (SSSR count). The molecule has 29 heavy (non-hydrogen) atoms. The second-order valence-corrected chi connectivity index (χ2v) is 7.11. The zero-order valence-corrected chi connectivity index (χ0v) is 17.5. The van der Waals surface area contributed by atoms with Gasteiger partial charge in [0.05, 0.1) is 6.54 Å². The predicted octanol–water partition coefficient (Wildman–Crippen LogP) is 3.52. The third-order valence-electron chi connectivity index (χ3n) is 3.89. The molecule has 0 fully saturated rings. The highest BCUT2D eigenvalue weighted by molar-refractivity contribution is 9.10. The Kier molecular flexibility index (Phi) is 8.09. The number of esters is 1. The monoisotopic (exact) mass is 462 g/mol. The van der Waals surface area contributed by atoms with E-state index in [1.165, 1.54) is 24.3 Å². The Morgan fingerprint density at radius 1 is 1.10 bits per heavy atom. The van der Waals surface area contributed by atoms with Crippen LogP contribution in [0.15, 0.2) is 46.9 Å². The lowest BCUT2D eigenvalue weighted by Crippen LogP contribution is -2.35. The third-order valence-corrected chi connectivity index (χ3v) is 4.39. The smallest absolute Gasteiger partial charge is 0.331 e. The van der Waals surface area contributed by atoms with Crippen LogP contribution in [0.5, 0.6) is 0 Å². The van der Waals surface area contributed by atoms with Crippen molar-refractivity contribution in [2.24, 2.45) is 0 Å². The molecule has 0 heterocycles. The summed E-state index contributed by atoms with van der Waals surface area (Å²) in [5.41, 5.74) is 2.71. The number of amides is 2. The summed E-state index contributed by atoms with van der Waals surface area (Å²) in [6.07, 6.45) is 2.27. The minimum absolute atomic E-state index is 0.198. The molecule has 2 aromatic carbocycles. The van der Waals surface area contributed by atoms with E-state index in [1.54, 1.807) is 0 Å². The van der Waals surface area contributed by atoms with E-state index in [9.17, 15) is 18.8 Å². The van der Waals surface area contributed by atoms with Gasteiger partial charge in [-0.3, -0.25) is 9.59 Å². The molecule has 0 radical (unpaired) electrons. The number of aryl methyl sites for hydroxylation is 2. The van der Waals surface area contributed by atoms with Crippen LogP contribution in [0.3, 0.4) is 0 Å². The lowest BCUT2D eigenvalue weighted by molar-refractivity contribution is -0.143. The number of anilines is 1. The minimum Gasteiger partial charge on any atom is -0.452 e. The fourth-order valence-corrected chi connectivity index (χ4v) is 2.79. The maximum absolute atomic E-state index is 13.6. The summed E-state index contributed by atoms with van der Waals surface area (Å²) in [5.74, 6) is -2.33. The van der Waals surface area contributed by atoms with Gasteiger partial charge in [0, 0.05) is 21.8 Å². The largest absolute Gasteiger partial charge is 0.452 e. The molecular weight excluding hydrogens is 443 g/mol. The Bertz CT molecular complexity index is 939. The van der Waals surface area contributed by atoms with Crippen molar-refractivity contribution in [3.05, 3.63) is 69.5 Å². The molecule has 0 bridgehead atoms. The average molecular weight is 463 g/mol. The van der Waals surface area contributed by atoms with Crippen LogP contribution < -0.4 is 10.6 Å². The van der Waals surface area contributed by atoms with Crippen LogP contribution in [0.25, 0.3) is 6.08 Å². The number of carbonyl (C=O) groups is 3. The number of halogens is 2. The molecule has 0 atom stereocenters. The second-order valence-electron chi connectivity index (χ2n) is 6.20. The Hall–Kier alpha value is -3.00. The first-order chi connectivity index (χ1) is 13.8. The van der Waals surface area contributed by atoms with Gasteiger partial charge in [-0.2, -0.15) is 0 Å². The highest BCUT2D eigenvalue weighted by Gasteiger charge is 2.10. The number of rotatable bonds is 7. The highest BCUT2D eigenvalue weighted by Crippen LogP contribution is 2.19. The summed E-state index contributed by atoms with van der Waals surface area (Å²) in [7, 11) is 0. The van der Waals surface area contributed by atoms with Gasteiger partial charge in [-0.15, -0.1) is 0 Å². The Morgan fingerprint density at radius 3 is 2.48 bits per heavy atom. The number of nitrogens with one attached hydrogen (secondary N) is 2. The second kappa shape index (κ2) is 10.5. The van der Waals surface area contributed by atoms with Gasteiger partial charge in [-0.1, -0.05) is 34.1 Å². The number of benzene rings is 2. The minimum atomic E-state index is -0.806. The zero-order chi connectivity index (χ0) is 21.4. The summed E-state index contributed by atoms with van der Waals surface area (Å²) in [6, 6.07) is 9.91. The molecule has 152 valence electrons. The van der Waals surface area contributed by atoms with Gasteiger partial charge in [0.2, 0.25) is 5.91 Å². The lowest BCUT2D eigenvalue weighted by Gasteiger charge is -2.11. The molecule has 0 saturated heterocycles. The number of carbonyl (C=O) groups excluding carboxylic acids is 3. The van der Waals surface area contributed by atoms with Crippen molar-refractivity contribution in [3.63, 3.8) is 0 Å². The molecule has 6 nitrogen and oxygen atoms in total. The van der Waals surface area contributed by atoms with E-state index in [-0.39, 0.29) is 12.1 Å². The van der Waals surface area contributed by atoms with Gasteiger partial charge in [-0.05, 0) is 49.2 Å². The Morgan fingerprint density at radius 2 is 1.79 bits per heavy atom. The number of para-hydroxylation sites is 1. The standard InChI is InChI=1S/C21H20BrFN2O4/c1-13-4-3-5-14(2)21(13)25-18(26)11-24-19(27)12-29-20(28)9-6-15-10-16(22)7-8-17(15)23/h3-10H,11-12H2,1-2H3,(H,24,27)(H,25,26)/b9-6+. The van der Waals surface area contributed by atoms with Gasteiger partial charge >= 0.3 is 5.97 Å². The maximum Gasteiger partial charge on any atom is 0.331 e. The average Bonchev–Trinajstić information content (AvgIpc) is 2.68. The summed E-state index contributed by atoms with van der Waals surface area (Å²) >= 11 is 3.21. The topological polar surface area (TPSA) is 84.5 Å². The van der Waals surface area contributed by atoms with E-state index in [2.05, 4.69) is 26.6 Å². The first-order valence-corrected chi connectivity index (χ1v) is 9.48. The maximum atomic E-state index is 13.6. The first-order valence-electron chi connectivity index (χ1n) is 8.69. The SMILES string of the molecule is Cc1cccc(C)c1NC(=O)CNC(=O)COC(=O)/C=C/c1cc(Br)ccc1F. The normalized spacial score (nSPS) is 10.6. The summed E-state index contributed by atoms with van der Waals surface area (Å²) in [6.45, 7) is 2.92. The first kappa shape index (κ1) is 22.3. The Balaban J connectivity index is 1.76. The quantitative estimate of drug-likeness (QED) is 0.486. The molecule has 0 aliphatic carbocycles. The van der Waals surface area contributed by atoms with Crippen LogP contribution in [0.1, 0.15) is 16.7 Å². The molecule has 2 amide bonds. The van der Waals surface area contributed by atoms with Gasteiger partial charge in [0.25, 0.3) is 5.91 Å². The van der Waals surface area contributed by atoms with Crippen LogP contribution in [0, 0.1) is 19.7 Å². The summed E-state index contributed by atoms with van der Waals surface area (Å²) in [4.78, 5) is 35.4. The fraction of sp³-hybridized carbons (Fsp3) is 0.190. The van der Waals surface area contributed by atoms with Crippen molar-refractivity contribution in [3.8, 4) is 0 Å². The lowest BCUT2D eigenvalue weighted by atomic mass is 10.1. The van der Waals surface area contributed by atoms with Crippen LogP contribution in [0.2, 0.25) is 0 Å². The van der Waals surface area contributed by atoms with Crippen molar-refractivity contribution < 1.29 is 23.5 Å².